The van der Waals surface area contributed by atoms with Gasteiger partial charge in [-0.2, -0.15) is 0 Å². The Kier molecular flexibility index (Phi) is 2.77. The predicted molar refractivity (Wildman–Crippen MR) is 65.0 cm³/mol. The molecule has 1 aromatic carbocycles. The summed E-state index contributed by atoms with van der Waals surface area (Å²) < 4.78 is 0.792. The van der Waals surface area contributed by atoms with Crippen molar-refractivity contribution in [2.75, 3.05) is 0 Å². The Bertz CT molecular complexity index is 362. The summed E-state index contributed by atoms with van der Waals surface area (Å²) in [5.41, 5.74) is 8.37. The summed E-state index contributed by atoms with van der Waals surface area (Å²) in [7, 11) is 0. The number of benzene rings is 1. The zero-order valence-corrected chi connectivity index (χ0v) is 10.5. The van der Waals surface area contributed by atoms with Crippen molar-refractivity contribution in [2.45, 2.75) is 38.1 Å². The summed E-state index contributed by atoms with van der Waals surface area (Å²) in [5, 5.41) is 9.65. The molecule has 0 aliphatic heterocycles. The molecule has 0 spiro atoms. The fourth-order valence-corrected chi connectivity index (χ4v) is 2.00. The Balaban J connectivity index is 2.08. The molecule has 1 saturated carbocycles. The van der Waals surface area contributed by atoms with Gasteiger partial charge in [0.05, 0.1) is 4.47 Å². The van der Waals surface area contributed by atoms with Crippen LogP contribution >= 0.6 is 15.9 Å². The van der Waals surface area contributed by atoms with Crippen LogP contribution in [-0.2, 0) is 6.42 Å². The second kappa shape index (κ2) is 3.80. The van der Waals surface area contributed by atoms with E-state index in [1.165, 1.54) is 5.56 Å². The Labute approximate surface area is 98.6 Å². The first kappa shape index (κ1) is 11.0. The summed E-state index contributed by atoms with van der Waals surface area (Å²) in [6.45, 7) is 1.99. The fourth-order valence-electron chi connectivity index (χ4n) is 1.77. The van der Waals surface area contributed by atoms with Gasteiger partial charge in [-0.1, -0.05) is 6.07 Å². The number of halogens is 1. The van der Waals surface area contributed by atoms with Crippen LogP contribution in [-0.4, -0.2) is 10.6 Å². The first-order chi connectivity index (χ1) is 7.00. The highest BCUT2D eigenvalue weighted by Gasteiger charge is 2.37. The Morgan fingerprint density at radius 2 is 2.13 bits per heavy atom. The van der Waals surface area contributed by atoms with Crippen molar-refractivity contribution in [1.29, 1.82) is 0 Å². The largest absolute Gasteiger partial charge is 0.507 e. The number of rotatable bonds is 3. The van der Waals surface area contributed by atoms with Crippen LogP contribution in [0, 0.1) is 6.92 Å². The first-order valence-electron chi connectivity index (χ1n) is 5.27. The molecule has 0 aromatic heterocycles. The van der Waals surface area contributed by atoms with Crippen molar-refractivity contribution in [3.63, 3.8) is 0 Å². The molecule has 2 nitrogen and oxygen atoms in total. The second-order valence-corrected chi connectivity index (χ2v) is 5.40. The van der Waals surface area contributed by atoms with E-state index in [2.05, 4.69) is 22.0 Å². The average molecular weight is 270 g/mol. The van der Waals surface area contributed by atoms with Crippen LogP contribution in [0.2, 0.25) is 0 Å². The van der Waals surface area contributed by atoms with Gasteiger partial charge in [-0.15, -0.1) is 0 Å². The van der Waals surface area contributed by atoms with Crippen molar-refractivity contribution in [2.24, 2.45) is 5.73 Å². The molecule has 0 saturated heterocycles. The van der Waals surface area contributed by atoms with Crippen molar-refractivity contribution in [3.8, 4) is 5.75 Å². The molecule has 0 unspecified atom stereocenters. The smallest absolute Gasteiger partial charge is 0.130 e. The third-order valence-electron chi connectivity index (χ3n) is 3.10. The maximum Gasteiger partial charge on any atom is 0.130 e. The SMILES string of the molecule is Cc1cc(CCC2(N)CC2)cc(O)c1Br. The van der Waals surface area contributed by atoms with E-state index in [0.29, 0.717) is 5.75 Å². The van der Waals surface area contributed by atoms with Crippen molar-refractivity contribution >= 4 is 15.9 Å². The summed E-state index contributed by atoms with van der Waals surface area (Å²) >= 11 is 3.34. The third-order valence-corrected chi connectivity index (χ3v) is 4.13. The maximum atomic E-state index is 9.65. The summed E-state index contributed by atoms with van der Waals surface area (Å²) in [5.74, 6) is 0.326. The number of nitrogens with two attached hydrogens (primary N) is 1. The minimum absolute atomic E-state index is 0.0938. The van der Waals surface area contributed by atoms with E-state index in [1.807, 2.05) is 13.0 Å². The van der Waals surface area contributed by atoms with Gasteiger partial charge < -0.3 is 10.8 Å². The molecule has 15 heavy (non-hydrogen) atoms. The van der Waals surface area contributed by atoms with E-state index in [4.69, 9.17) is 5.73 Å². The first-order valence-corrected chi connectivity index (χ1v) is 6.06. The standard InChI is InChI=1S/C12H16BrNO/c1-8-6-9(7-10(15)11(8)13)2-3-12(14)4-5-12/h6-7,15H,2-5,14H2,1H3. The molecule has 2 rings (SSSR count). The quantitative estimate of drug-likeness (QED) is 0.887. The molecule has 0 bridgehead atoms. The van der Waals surface area contributed by atoms with Gasteiger partial charge in [0.15, 0.2) is 0 Å². The maximum absolute atomic E-state index is 9.65. The molecule has 1 fully saturated rings. The van der Waals surface area contributed by atoms with Gasteiger partial charge >= 0.3 is 0 Å². The lowest BCUT2D eigenvalue weighted by Crippen LogP contribution is -2.22. The number of phenols is 1. The van der Waals surface area contributed by atoms with Crippen LogP contribution in [0.5, 0.6) is 5.75 Å². The van der Waals surface area contributed by atoms with Crippen LogP contribution in [0.1, 0.15) is 30.4 Å². The topological polar surface area (TPSA) is 46.2 Å². The van der Waals surface area contributed by atoms with Crippen LogP contribution in [0.4, 0.5) is 0 Å². The minimum Gasteiger partial charge on any atom is -0.507 e. The molecule has 0 amide bonds. The number of hydrogen-bond acceptors (Lipinski definition) is 2. The van der Waals surface area contributed by atoms with Crippen LogP contribution in [0.15, 0.2) is 16.6 Å². The fraction of sp³-hybridized carbons (Fsp3) is 0.500. The van der Waals surface area contributed by atoms with Gasteiger partial charge in [0.2, 0.25) is 0 Å². The Hall–Kier alpha value is -0.540. The van der Waals surface area contributed by atoms with E-state index in [-0.39, 0.29) is 5.54 Å². The molecule has 0 atom stereocenters. The molecule has 1 aromatic rings. The normalized spacial score (nSPS) is 17.8. The van der Waals surface area contributed by atoms with Gasteiger partial charge in [-0.25, -0.2) is 0 Å². The molecular weight excluding hydrogens is 254 g/mol. The number of hydrogen-bond donors (Lipinski definition) is 2. The van der Waals surface area contributed by atoms with Crippen LogP contribution in [0.25, 0.3) is 0 Å². The molecule has 0 radical (unpaired) electrons. The molecule has 3 N–H and O–H groups in total. The zero-order valence-electron chi connectivity index (χ0n) is 8.89. The van der Waals surface area contributed by atoms with Gasteiger partial charge in [0, 0.05) is 5.54 Å². The van der Waals surface area contributed by atoms with Crippen molar-refractivity contribution in [3.05, 3.63) is 27.7 Å². The van der Waals surface area contributed by atoms with Gasteiger partial charge in [-0.05, 0) is 65.7 Å². The number of aromatic hydroxyl groups is 1. The highest BCUT2D eigenvalue weighted by Crippen LogP contribution is 2.37. The highest BCUT2D eigenvalue weighted by molar-refractivity contribution is 9.10. The Morgan fingerprint density at radius 3 is 2.67 bits per heavy atom. The number of phenolic OH excluding ortho intramolecular Hbond substituents is 1. The van der Waals surface area contributed by atoms with Gasteiger partial charge in [0.1, 0.15) is 5.75 Å². The summed E-state index contributed by atoms with van der Waals surface area (Å²) in [4.78, 5) is 0. The van der Waals surface area contributed by atoms with E-state index in [0.717, 1.165) is 35.7 Å². The van der Waals surface area contributed by atoms with Gasteiger partial charge in [-0.3, -0.25) is 0 Å². The van der Waals surface area contributed by atoms with E-state index in [9.17, 15) is 5.11 Å². The lowest BCUT2D eigenvalue weighted by molar-refractivity contribution is 0.470. The molecule has 0 heterocycles. The average Bonchev–Trinajstić information content (AvgIpc) is 2.90. The predicted octanol–water partition coefficient (Wildman–Crippen LogP) is 2.89. The van der Waals surface area contributed by atoms with Crippen LogP contribution < -0.4 is 5.73 Å². The molecule has 1 aliphatic rings. The number of aryl methyl sites for hydroxylation is 2. The van der Waals surface area contributed by atoms with Crippen molar-refractivity contribution in [1.82, 2.24) is 0 Å². The molecule has 3 heteroatoms. The monoisotopic (exact) mass is 269 g/mol. The lowest BCUT2D eigenvalue weighted by Gasteiger charge is -2.10. The highest BCUT2D eigenvalue weighted by atomic mass is 79.9. The zero-order chi connectivity index (χ0) is 11.1. The molecule has 1 aliphatic carbocycles. The lowest BCUT2D eigenvalue weighted by atomic mass is 10.0. The van der Waals surface area contributed by atoms with Crippen LogP contribution in [0.3, 0.4) is 0 Å². The summed E-state index contributed by atoms with van der Waals surface area (Å²) in [6, 6.07) is 3.93. The van der Waals surface area contributed by atoms with E-state index >= 15 is 0 Å². The summed E-state index contributed by atoms with van der Waals surface area (Å²) in [6.07, 6.45) is 4.27. The van der Waals surface area contributed by atoms with Crippen molar-refractivity contribution < 1.29 is 5.11 Å². The third kappa shape index (κ3) is 2.52. The minimum atomic E-state index is 0.0938. The van der Waals surface area contributed by atoms with E-state index < -0.39 is 0 Å². The van der Waals surface area contributed by atoms with Gasteiger partial charge in [0.25, 0.3) is 0 Å². The molecule has 82 valence electrons. The van der Waals surface area contributed by atoms with E-state index in [1.54, 1.807) is 0 Å². The Morgan fingerprint density at radius 1 is 1.47 bits per heavy atom. The second-order valence-electron chi connectivity index (χ2n) is 4.61. The molecular formula is C12H16BrNO.